The molecule has 3 nitrogen and oxygen atoms in total. The van der Waals surface area contributed by atoms with Crippen molar-refractivity contribution in [2.75, 3.05) is 0 Å². The van der Waals surface area contributed by atoms with Crippen LogP contribution in [0.2, 0.25) is 0 Å². The third-order valence-corrected chi connectivity index (χ3v) is 1.78. The summed E-state index contributed by atoms with van der Waals surface area (Å²) in [7, 11) is 0. The molecule has 0 saturated carbocycles. The molecule has 1 aliphatic carbocycles. The van der Waals surface area contributed by atoms with Gasteiger partial charge >= 0.3 is 5.97 Å². The van der Waals surface area contributed by atoms with E-state index in [1.807, 2.05) is 6.08 Å². The van der Waals surface area contributed by atoms with Gasteiger partial charge in [-0.15, -0.1) is 12.4 Å². The number of hydrogen-bond acceptors (Lipinski definition) is 2. The predicted octanol–water partition coefficient (Wildman–Crippen LogP) is 0.786. The van der Waals surface area contributed by atoms with Crippen molar-refractivity contribution in [1.29, 1.82) is 0 Å². The largest absolute Gasteiger partial charge is 0.481 e. The fourth-order valence-electron chi connectivity index (χ4n) is 1.14. The van der Waals surface area contributed by atoms with Crippen LogP contribution in [-0.2, 0) is 4.79 Å². The Morgan fingerprint density at radius 3 is 2.64 bits per heavy atom. The molecule has 64 valence electrons. The number of allylic oxidation sites excluding steroid dienone is 1. The van der Waals surface area contributed by atoms with E-state index in [1.54, 1.807) is 6.08 Å². The van der Waals surface area contributed by atoms with E-state index >= 15 is 0 Å². The minimum atomic E-state index is -0.781. The summed E-state index contributed by atoms with van der Waals surface area (Å²) in [6, 6.07) is -0.286. The van der Waals surface area contributed by atoms with Gasteiger partial charge in [-0.1, -0.05) is 12.2 Å². The number of hydrogen-bond donors (Lipinski definition) is 2. The first-order chi connectivity index (χ1) is 4.72. The van der Waals surface area contributed by atoms with E-state index in [0.717, 1.165) is 6.42 Å². The fraction of sp³-hybridized carbons (Fsp3) is 0.571. The Bertz CT molecular complexity index is 170. The molecule has 0 aliphatic heterocycles. The number of nitrogens with two attached hydrogens (primary N) is 1. The highest BCUT2D eigenvalue weighted by Gasteiger charge is 2.24. The number of halogens is 1. The number of carbonyl (C=O) groups is 1. The Kier molecular flexibility index (Phi) is 4.15. The smallest absolute Gasteiger partial charge is 0.308 e. The molecule has 0 bridgehead atoms. The first-order valence-electron chi connectivity index (χ1n) is 3.37. The molecule has 0 aromatic carbocycles. The van der Waals surface area contributed by atoms with Crippen LogP contribution in [0.15, 0.2) is 12.2 Å². The second kappa shape index (κ2) is 4.36. The molecule has 0 heterocycles. The summed E-state index contributed by atoms with van der Waals surface area (Å²) in [4.78, 5) is 10.5. The van der Waals surface area contributed by atoms with Crippen molar-refractivity contribution < 1.29 is 9.90 Å². The topological polar surface area (TPSA) is 63.3 Å². The van der Waals surface area contributed by atoms with Crippen molar-refractivity contribution in [1.82, 2.24) is 0 Å². The summed E-state index contributed by atoms with van der Waals surface area (Å²) in [5.74, 6) is -1.15. The zero-order valence-corrected chi connectivity index (χ0v) is 6.88. The van der Waals surface area contributed by atoms with Gasteiger partial charge < -0.3 is 10.8 Å². The Balaban J connectivity index is 0.000001000. The van der Waals surface area contributed by atoms with Gasteiger partial charge in [0, 0.05) is 6.04 Å². The van der Waals surface area contributed by atoms with Crippen molar-refractivity contribution >= 4 is 18.4 Å². The van der Waals surface area contributed by atoms with E-state index in [9.17, 15) is 4.79 Å². The van der Waals surface area contributed by atoms with Gasteiger partial charge in [0.1, 0.15) is 0 Å². The van der Waals surface area contributed by atoms with Crippen LogP contribution in [0, 0.1) is 5.92 Å². The maximum atomic E-state index is 10.5. The highest BCUT2D eigenvalue weighted by Crippen LogP contribution is 2.16. The number of rotatable bonds is 1. The summed E-state index contributed by atoms with van der Waals surface area (Å²) in [6.07, 6.45) is 5.21. The fourth-order valence-corrected chi connectivity index (χ4v) is 1.14. The van der Waals surface area contributed by atoms with Crippen molar-refractivity contribution in [2.24, 2.45) is 11.7 Å². The van der Waals surface area contributed by atoms with Gasteiger partial charge in [0.15, 0.2) is 0 Å². The van der Waals surface area contributed by atoms with E-state index in [2.05, 4.69) is 0 Å². The summed E-state index contributed by atoms with van der Waals surface area (Å²) in [5, 5.41) is 8.59. The summed E-state index contributed by atoms with van der Waals surface area (Å²) >= 11 is 0. The van der Waals surface area contributed by atoms with Crippen LogP contribution in [0.1, 0.15) is 12.8 Å². The lowest BCUT2D eigenvalue weighted by atomic mass is 9.90. The molecule has 1 rings (SSSR count). The molecule has 0 unspecified atom stereocenters. The average Bonchev–Trinajstić information content (AvgIpc) is 1.88. The molecule has 1 aliphatic rings. The number of aliphatic carboxylic acids is 1. The molecule has 0 fully saturated rings. The summed E-state index contributed by atoms with van der Waals surface area (Å²) < 4.78 is 0. The van der Waals surface area contributed by atoms with E-state index in [0.29, 0.717) is 6.42 Å². The zero-order valence-electron chi connectivity index (χ0n) is 6.06. The van der Waals surface area contributed by atoms with Crippen LogP contribution in [0.25, 0.3) is 0 Å². The molecule has 0 amide bonds. The molecule has 0 saturated heterocycles. The van der Waals surface area contributed by atoms with Crippen LogP contribution in [0.4, 0.5) is 0 Å². The van der Waals surface area contributed by atoms with E-state index in [1.165, 1.54) is 0 Å². The van der Waals surface area contributed by atoms with E-state index in [4.69, 9.17) is 10.8 Å². The predicted molar refractivity (Wildman–Crippen MR) is 44.7 cm³/mol. The molecule has 4 heteroatoms. The quantitative estimate of drug-likeness (QED) is 0.582. The van der Waals surface area contributed by atoms with Gasteiger partial charge in [-0.25, -0.2) is 0 Å². The lowest BCUT2D eigenvalue weighted by Gasteiger charge is -2.19. The van der Waals surface area contributed by atoms with Crippen molar-refractivity contribution in [2.45, 2.75) is 18.9 Å². The van der Waals surface area contributed by atoms with Gasteiger partial charge in [-0.05, 0) is 12.8 Å². The molecular formula is C7H12ClNO2. The third-order valence-electron chi connectivity index (χ3n) is 1.78. The van der Waals surface area contributed by atoms with Gasteiger partial charge in [0.05, 0.1) is 5.92 Å². The van der Waals surface area contributed by atoms with E-state index in [-0.39, 0.29) is 24.4 Å². The summed E-state index contributed by atoms with van der Waals surface area (Å²) in [5.41, 5.74) is 5.51. The van der Waals surface area contributed by atoms with Crippen LogP contribution in [0.3, 0.4) is 0 Å². The van der Waals surface area contributed by atoms with Crippen LogP contribution >= 0.6 is 12.4 Å². The summed E-state index contributed by atoms with van der Waals surface area (Å²) in [6.45, 7) is 0. The van der Waals surface area contributed by atoms with E-state index < -0.39 is 5.97 Å². The zero-order chi connectivity index (χ0) is 7.56. The molecule has 3 N–H and O–H groups in total. The van der Waals surface area contributed by atoms with Crippen LogP contribution in [0.5, 0.6) is 0 Å². The highest BCUT2D eigenvalue weighted by molar-refractivity contribution is 5.85. The van der Waals surface area contributed by atoms with Crippen LogP contribution in [-0.4, -0.2) is 17.1 Å². The molecule has 0 spiro atoms. The Hall–Kier alpha value is -0.540. The third kappa shape index (κ3) is 2.52. The highest BCUT2D eigenvalue weighted by atomic mass is 35.5. The lowest BCUT2D eigenvalue weighted by Crippen LogP contribution is -2.35. The number of carboxylic acid groups (broad SMARTS) is 1. The minimum Gasteiger partial charge on any atom is -0.481 e. The van der Waals surface area contributed by atoms with Crippen molar-refractivity contribution in [3.05, 3.63) is 12.2 Å². The van der Waals surface area contributed by atoms with Crippen molar-refractivity contribution in [3.8, 4) is 0 Å². The second-order valence-corrected chi connectivity index (χ2v) is 2.53. The molecule has 0 aromatic rings. The van der Waals surface area contributed by atoms with Gasteiger partial charge in [-0.3, -0.25) is 4.79 Å². The Morgan fingerprint density at radius 2 is 2.27 bits per heavy atom. The second-order valence-electron chi connectivity index (χ2n) is 2.53. The molecule has 0 radical (unpaired) electrons. The maximum Gasteiger partial charge on any atom is 0.308 e. The lowest BCUT2D eigenvalue weighted by molar-refractivity contribution is -0.142. The normalized spacial score (nSPS) is 29.2. The first kappa shape index (κ1) is 10.5. The number of carboxylic acids is 1. The molecule has 11 heavy (non-hydrogen) atoms. The van der Waals surface area contributed by atoms with Gasteiger partial charge in [-0.2, -0.15) is 0 Å². The molecule has 0 aromatic heterocycles. The maximum absolute atomic E-state index is 10.5. The van der Waals surface area contributed by atoms with Crippen molar-refractivity contribution in [3.63, 3.8) is 0 Å². The average molecular weight is 178 g/mol. The Morgan fingerprint density at radius 1 is 1.64 bits per heavy atom. The standard InChI is InChI=1S/C7H11NO2.ClH/c8-6-4-2-1-3-5(6)7(9)10;/h2,4-6H,1,3,8H2,(H,9,10);1H/t5-,6-;/m1./s1. The minimum absolute atomic E-state index is 0. The Labute approximate surface area is 71.7 Å². The van der Waals surface area contributed by atoms with Crippen LogP contribution < -0.4 is 5.73 Å². The molecule has 2 atom stereocenters. The van der Waals surface area contributed by atoms with Gasteiger partial charge in [0.2, 0.25) is 0 Å². The molecular weight excluding hydrogens is 166 g/mol. The SMILES string of the molecule is Cl.N[C@@H]1C=CCC[C@H]1C(=O)O. The monoisotopic (exact) mass is 177 g/mol. The first-order valence-corrected chi connectivity index (χ1v) is 3.37. The van der Waals surface area contributed by atoms with Gasteiger partial charge in [0.25, 0.3) is 0 Å².